The first kappa shape index (κ1) is 42.6. The molecule has 3 amide bonds. The lowest BCUT2D eigenvalue weighted by molar-refractivity contribution is -0.138. The molecule has 0 bridgehead atoms. The van der Waals surface area contributed by atoms with Crippen LogP contribution in [0.1, 0.15) is 64.5 Å². The Hall–Kier alpha value is -5.10. The number of ether oxygens (including phenoxy) is 2. The third kappa shape index (κ3) is 14.2. The topological polar surface area (TPSA) is 195 Å². The Kier molecular flexibility index (Phi) is 15.1. The van der Waals surface area contributed by atoms with Crippen LogP contribution in [0.2, 0.25) is 0 Å². The van der Waals surface area contributed by atoms with Crippen molar-refractivity contribution >= 4 is 101 Å². The summed E-state index contributed by atoms with van der Waals surface area (Å²) in [5.74, 6) is -2.41. The van der Waals surface area contributed by atoms with Gasteiger partial charge in [0.05, 0.1) is 21.2 Å². The molecular weight excluding hydrogens is 781 g/mol. The molecule has 13 nitrogen and oxygen atoms in total. The van der Waals surface area contributed by atoms with E-state index in [1.54, 1.807) is 64.6 Å². The highest BCUT2D eigenvalue weighted by atomic mass is 32.1. The van der Waals surface area contributed by atoms with E-state index in [0.29, 0.717) is 11.3 Å². The first-order chi connectivity index (χ1) is 26.0. The third-order valence-electron chi connectivity index (χ3n) is 7.21. The lowest BCUT2D eigenvalue weighted by atomic mass is 10.0. The second-order valence-electron chi connectivity index (χ2n) is 14.0. The quantitative estimate of drug-likeness (QED) is 0.0879. The van der Waals surface area contributed by atoms with Gasteiger partial charge in [-0.1, -0.05) is 0 Å². The summed E-state index contributed by atoms with van der Waals surface area (Å²) in [6.07, 6.45) is 2.50. The van der Waals surface area contributed by atoms with Crippen molar-refractivity contribution < 1.29 is 33.8 Å². The number of fused-ring (bicyclic) bond motifs is 2. The number of amides is 3. The second-order valence-corrected chi connectivity index (χ2v) is 17.2. The van der Waals surface area contributed by atoms with E-state index in [-0.39, 0.29) is 19.0 Å². The molecule has 55 heavy (non-hydrogen) atoms. The smallest absolute Gasteiger partial charge is 0.407 e. The summed E-state index contributed by atoms with van der Waals surface area (Å²) in [6.45, 7) is 10.8. The van der Waals surface area contributed by atoms with Crippen LogP contribution in [-0.2, 0) is 19.1 Å². The van der Waals surface area contributed by atoms with Crippen LogP contribution >= 0.6 is 45.7 Å². The van der Waals surface area contributed by atoms with Crippen molar-refractivity contribution in [3.63, 3.8) is 0 Å². The number of carboxylic acid groups (broad SMARTS) is 1. The molecule has 6 aromatic rings. The number of nitrogens with zero attached hydrogens (tertiary/aromatic N) is 2. The minimum absolute atomic E-state index is 0.0149. The fourth-order valence-corrected chi connectivity index (χ4v) is 7.51. The fourth-order valence-electron chi connectivity index (χ4n) is 4.70. The van der Waals surface area contributed by atoms with Crippen molar-refractivity contribution in [1.29, 1.82) is 0 Å². The Bertz CT molecular complexity index is 2150. The van der Waals surface area contributed by atoms with Gasteiger partial charge in [-0.25, -0.2) is 9.59 Å². The molecule has 0 spiro atoms. The Morgan fingerprint density at radius 2 is 1.22 bits per heavy atom. The maximum absolute atomic E-state index is 12.9. The lowest BCUT2D eigenvalue weighted by Crippen LogP contribution is -2.37. The van der Waals surface area contributed by atoms with Crippen molar-refractivity contribution in [2.45, 2.75) is 64.6 Å². The molecular formula is C38H44N6O7S4. The minimum Gasteiger partial charge on any atom is -0.481 e. The predicted molar refractivity (Wildman–Crippen MR) is 223 cm³/mol. The number of thiophene rings is 2. The Morgan fingerprint density at radius 3 is 1.71 bits per heavy atom. The number of aromatic nitrogens is 2. The van der Waals surface area contributed by atoms with Crippen LogP contribution in [0, 0.1) is 0 Å². The van der Waals surface area contributed by atoms with Crippen LogP contribution in [0.15, 0.2) is 82.4 Å². The van der Waals surface area contributed by atoms with Crippen molar-refractivity contribution in [1.82, 2.24) is 19.4 Å². The van der Waals surface area contributed by atoms with Gasteiger partial charge in [0.2, 0.25) is 5.91 Å². The van der Waals surface area contributed by atoms with E-state index in [2.05, 4.69) is 24.7 Å². The summed E-state index contributed by atoms with van der Waals surface area (Å²) < 4.78 is 20.6. The maximum atomic E-state index is 12.9. The third-order valence-corrected chi connectivity index (χ3v) is 10.1. The molecule has 0 aliphatic heterocycles. The molecule has 2 aromatic carbocycles. The number of hydrogen-bond acceptors (Lipinski definition) is 13. The van der Waals surface area contributed by atoms with E-state index in [1.807, 2.05) is 59.4 Å². The highest BCUT2D eigenvalue weighted by Gasteiger charge is 2.25. The fraction of sp³-hybridized carbons (Fsp3) is 0.316. The maximum Gasteiger partial charge on any atom is 0.407 e. The molecule has 0 aliphatic carbocycles. The number of hydrogen-bond donors (Lipinski definition) is 5. The number of nitrogens with two attached hydrogens (primary N) is 1. The predicted octanol–water partition coefficient (Wildman–Crippen LogP) is 8.92. The van der Waals surface area contributed by atoms with Crippen LogP contribution in [0.4, 0.5) is 21.0 Å². The van der Waals surface area contributed by atoms with Crippen molar-refractivity contribution in [2.24, 2.45) is 0 Å². The zero-order valence-corrected chi connectivity index (χ0v) is 34.4. The van der Waals surface area contributed by atoms with Gasteiger partial charge in [0, 0.05) is 47.6 Å². The molecule has 17 heteroatoms. The van der Waals surface area contributed by atoms with E-state index in [4.69, 9.17) is 20.3 Å². The van der Waals surface area contributed by atoms with Crippen LogP contribution in [0.5, 0.6) is 0 Å². The number of carboxylic acids is 1. The highest BCUT2D eigenvalue weighted by molar-refractivity contribution is 7.13. The SMILES string of the molecule is CC(C)(C)OC(=O)NCC(C(=O)Nc1ccc2cnsc2c1)c1ccsc1.CC(C)(C)OC(=O)NCC(C(=O)O)c1ccsc1.Nc1ccc2cnsc2c1. The molecule has 2 atom stereocenters. The van der Waals surface area contributed by atoms with Gasteiger partial charge >= 0.3 is 18.2 Å². The molecule has 4 heterocycles. The van der Waals surface area contributed by atoms with Gasteiger partial charge in [-0.2, -0.15) is 31.4 Å². The Balaban J connectivity index is 0.000000205. The Labute approximate surface area is 335 Å². The Morgan fingerprint density at radius 1 is 0.727 bits per heavy atom. The molecule has 6 rings (SSSR count). The monoisotopic (exact) mass is 824 g/mol. The standard InChI is InChI=1S/C19H21N3O3S2.C12H17NO4S.C7H6N2S/c1-19(2,3)25-18(24)20-10-15(13-6-7-26-11-13)17(23)22-14-5-4-12-9-21-27-16(12)8-14;1-12(2,3)17-11(16)13-6-9(10(14)15)8-4-5-18-7-8;8-6-2-1-5-4-9-10-7(5)3-6/h4-9,11,15H,10H2,1-3H3,(H,20,24)(H,22,23);4-5,7,9H,6H2,1-3H3,(H,13,16)(H,14,15);1-4H,8H2. The van der Waals surface area contributed by atoms with Crippen molar-refractivity contribution in [3.8, 4) is 0 Å². The van der Waals surface area contributed by atoms with Crippen molar-refractivity contribution in [3.05, 3.63) is 93.6 Å². The minimum atomic E-state index is -0.968. The van der Waals surface area contributed by atoms with E-state index in [9.17, 15) is 19.2 Å². The van der Waals surface area contributed by atoms with Crippen LogP contribution in [0.3, 0.4) is 0 Å². The van der Waals surface area contributed by atoms with Crippen LogP contribution in [0.25, 0.3) is 20.2 Å². The summed E-state index contributed by atoms with van der Waals surface area (Å²) in [4.78, 5) is 47.4. The number of carbonyl (C=O) groups excluding carboxylic acids is 3. The number of carbonyl (C=O) groups is 4. The van der Waals surface area contributed by atoms with E-state index < -0.39 is 41.2 Å². The van der Waals surface area contributed by atoms with E-state index >= 15 is 0 Å². The van der Waals surface area contributed by atoms with Gasteiger partial charge in [-0.3, -0.25) is 9.59 Å². The molecule has 0 saturated heterocycles. The average Bonchev–Trinajstić information content (AvgIpc) is 3.92. The van der Waals surface area contributed by atoms with Gasteiger partial charge in [0.25, 0.3) is 0 Å². The lowest BCUT2D eigenvalue weighted by Gasteiger charge is -2.21. The summed E-state index contributed by atoms with van der Waals surface area (Å²) >= 11 is 5.78. The molecule has 292 valence electrons. The molecule has 2 unspecified atom stereocenters. The largest absolute Gasteiger partial charge is 0.481 e. The number of anilines is 2. The summed E-state index contributed by atoms with van der Waals surface area (Å²) in [7, 11) is 0. The van der Waals surface area contributed by atoms with Gasteiger partial charge in [0.15, 0.2) is 0 Å². The summed E-state index contributed by atoms with van der Waals surface area (Å²) in [5, 5.41) is 26.8. The van der Waals surface area contributed by atoms with Gasteiger partial charge < -0.3 is 36.3 Å². The number of benzene rings is 2. The molecule has 0 saturated carbocycles. The van der Waals surface area contributed by atoms with E-state index in [0.717, 1.165) is 26.0 Å². The highest BCUT2D eigenvalue weighted by Crippen LogP contribution is 2.25. The molecule has 0 radical (unpaired) electrons. The number of rotatable bonds is 9. The number of nitrogens with one attached hydrogen (secondary N) is 3. The summed E-state index contributed by atoms with van der Waals surface area (Å²) in [5.41, 5.74) is 7.42. The number of aliphatic carboxylic acids is 1. The second kappa shape index (κ2) is 19.5. The zero-order chi connectivity index (χ0) is 40.2. The van der Waals surface area contributed by atoms with Crippen LogP contribution < -0.4 is 21.7 Å². The average molecular weight is 825 g/mol. The number of alkyl carbamates (subject to hydrolysis) is 2. The molecule has 0 fully saturated rings. The molecule has 4 aromatic heterocycles. The molecule has 6 N–H and O–H groups in total. The van der Waals surface area contributed by atoms with Crippen LogP contribution in [-0.4, -0.2) is 62.2 Å². The van der Waals surface area contributed by atoms with Crippen molar-refractivity contribution in [2.75, 3.05) is 24.1 Å². The van der Waals surface area contributed by atoms with Gasteiger partial charge in [0.1, 0.15) is 11.2 Å². The normalized spacial score (nSPS) is 12.3. The summed E-state index contributed by atoms with van der Waals surface area (Å²) in [6, 6.07) is 15.1. The first-order valence-electron chi connectivity index (χ1n) is 16.9. The van der Waals surface area contributed by atoms with Gasteiger partial charge in [-0.15, -0.1) is 0 Å². The molecule has 0 aliphatic rings. The first-order valence-corrected chi connectivity index (χ1v) is 20.4. The zero-order valence-electron chi connectivity index (χ0n) is 31.2. The van der Waals surface area contributed by atoms with Gasteiger partial charge in [-0.05, 0) is 146 Å². The van der Waals surface area contributed by atoms with E-state index in [1.165, 1.54) is 51.1 Å². The number of nitrogen functional groups attached to an aromatic ring is 1.